The molecule has 1 heterocycles. The molecule has 1 atom stereocenters. The summed E-state index contributed by atoms with van der Waals surface area (Å²) in [5, 5.41) is 18.1. The number of hydrogen-bond donors (Lipinski definition) is 2. The molecule has 0 aromatic heterocycles. The van der Waals surface area contributed by atoms with Gasteiger partial charge in [-0.05, 0) is 24.6 Å². The molecule has 0 unspecified atom stereocenters. The van der Waals surface area contributed by atoms with Crippen molar-refractivity contribution in [2.24, 2.45) is 0 Å². The Balaban J connectivity index is 2.36. The van der Waals surface area contributed by atoms with Crippen molar-refractivity contribution >= 4 is 27.6 Å². The summed E-state index contributed by atoms with van der Waals surface area (Å²) in [5.41, 5.74) is -0.151. The first-order valence-electron chi connectivity index (χ1n) is 5.53. The van der Waals surface area contributed by atoms with Crippen molar-refractivity contribution in [2.45, 2.75) is 17.4 Å². The minimum absolute atomic E-state index is 0.0423. The van der Waals surface area contributed by atoms with Crippen molar-refractivity contribution in [3.8, 4) is 0 Å². The maximum atomic E-state index is 12.2. The molecule has 0 saturated carbocycles. The third-order valence-corrected chi connectivity index (χ3v) is 5.11. The Morgan fingerprint density at radius 2 is 2.11 bits per heavy atom. The zero-order valence-electron chi connectivity index (χ0n) is 9.78. The first-order chi connectivity index (χ1) is 8.82. The van der Waals surface area contributed by atoms with Gasteiger partial charge in [0.1, 0.15) is 0 Å². The van der Waals surface area contributed by atoms with Gasteiger partial charge in [-0.3, -0.25) is 0 Å². The van der Waals surface area contributed by atoms with Crippen LogP contribution in [0.1, 0.15) is 16.8 Å². The molecule has 0 amide bonds. The van der Waals surface area contributed by atoms with Gasteiger partial charge in [0.25, 0.3) is 0 Å². The second-order valence-electron chi connectivity index (χ2n) is 4.25. The van der Waals surface area contributed by atoms with Crippen LogP contribution in [0.25, 0.3) is 0 Å². The van der Waals surface area contributed by atoms with Crippen molar-refractivity contribution in [1.82, 2.24) is 4.31 Å². The molecule has 6 nitrogen and oxygen atoms in total. The number of hydrogen-bond acceptors (Lipinski definition) is 4. The van der Waals surface area contributed by atoms with Crippen LogP contribution in [0.2, 0.25) is 5.02 Å². The topological polar surface area (TPSA) is 94.9 Å². The Bertz CT molecular complexity index is 616. The van der Waals surface area contributed by atoms with E-state index in [0.29, 0.717) is 6.42 Å². The van der Waals surface area contributed by atoms with E-state index in [1.807, 2.05) is 0 Å². The second kappa shape index (κ2) is 5.09. The molecular weight excluding hydrogens is 294 g/mol. The predicted molar refractivity (Wildman–Crippen MR) is 67.8 cm³/mol. The van der Waals surface area contributed by atoms with Crippen molar-refractivity contribution in [1.29, 1.82) is 0 Å². The molecule has 19 heavy (non-hydrogen) atoms. The van der Waals surface area contributed by atoms with Gasteiger partial charge in [0.05, 0.1) is 21.6 Å². The van der Waals surface area contributed by atoms with E-state index in [2.05, 4.69) is 0 Å². The number of nitrogens with zero attached hydrogens (tertiary/aromatic N) is 1. The summed E-state index contributed by atoms with van der Waals surface area (Å²) in [6.45, 7) is 0.280. The fourth-order valence-corrected chi connectivity index (χ4v) is 3.75. The van der Waals surface area contributed by atoms with Gasteiger partial charge in [-0.1, -0.05) is 11.6 Å². The molecule has 2 rings (SSSR count). The normalized spacial score (nSPS) is 20.6. The molecule has 1 fully saturated rings. The highest BCUT2D eigenvalue weighted by atomic mass is 35.5. The van der Waals surface area contributed by atoms with E-state index in [0.717, 1.165) is 16.4 Å². The minimum Gasteiger partial charge on any atom is -0.478 e. The van der Waals surface area contributed by atoms with Crippen LogP contribution >= 0.6 is 11.6 Å². The quantitative estimate of drug-likeness (QED) is 0.861. The molecule has 2 N–H and O–H groups in total. The lowest BCUT2D eigenvalue weighted by Gasteiger charge is -2.16. The standard InChI is InChI=1S/C11H12ClNO5S/c12-10-5-8(1-2-9(10)11(15)16)19(17,18)13-4-3-7(14)6-13/h1-2,5,7,14H,3-4,6H2,(H,15,16)/t7-/m1/s1. The Morgan fingerprint density at radius 3 is 2.58 bits per heavy atom. The molecule has 8 heteroatoms. The number of rotatable bonds is 3. The number of halogens is 1. The minimum atomic E-state index is -3.74. The SMILES string of the molecule is O=C(O)c1ccc(S(=O)(=O)N2CC[C@@H](O)C2)cc1Cl. The highest BCUT2D eigenvalue weighted by Gasteiger charge is 2.32. The van der Waals surface area contributed by atoms with Gasteiger partial charge in [-0.25, -0.2) is 13.2 Å². The van der Waals surface area contributed by atoms with E-state index in [-0.39, 0.29) is 28.6 Å². The van der Waals surface area contributed by atoms with Crippen LogP contribution in [-0.4, -0.2) is 48.1 Å². The Morgan fingerprint density at radius 1 is 1.42 bits per heavy atom. The van der Waals surface area contributed by atoms with Crippen LogP contribution in [0, 0.1) is 0 Å². The number of aromatic carboxylic acids is 1. The number of aliphatic hydroxyl groups excluding tert-OH is 1. The first-order valence-corrected chi connectivity index (χ1v) is 7.35. The maximum absolute atomic E-state index is 12.2. The lowest BCUT2D eigenvalue weighted by atomic mass is 10.2. The van der Waals surface area contributed by atoms with Crippen molar-refractivity contribution in [3.63, 3.8) is 0 Å². The maximum Gasteiger partial charge on any atom is 0.337 e. The molecule has 0 aliphatic carbocycles. The van der Waals surface area contributed by atoms with Crippen LogP contribution in [0.3, 0.4) is 0 Å². The smallest absolute Gasteiger partial charge is 0.337 e. The Kier molecular flexibility index (Phi) is 3.82. The Hall–Kier alpha value is -1.15. The molecule has 1 aromatic rings. The largest absolute Gasteiger partial charge is 0.478 e. The van der Waals surface area contributed by atoms with Gasteiger partial charge in [-0.15, -0.1) is 0 Å². The van der Waals surface area contributed by atoms with Crippen LogP contribution in [0.4, 0.5) is 0 Å². The molecule has 0 bridgehead atoms. The van der Waals surface area contributed by atoms with Crippen molar-refractivity contribution < 1.29 is 23.4 Å². The number of carboxylic acid groups (broad SMARTS) is 1. The van der Waals surface area contributed by atoms with Crippen molar-refractivity contribution in [3.05, 3.63) is 28.8 Å². The van der Waals surface area contributed by atoms with Gasteiger partial charge >= 0.3 is 5.97 Å². The predicted octanol–water partition coefficient (Wildman–Crippen LogP) is 0.794. The summed E-state index contributed by atoms with van der Waals surface area (Å²) < 4.78 is 25.6. The number of sulfonamides is 1. The fraction of sp³-hybridized carbons (Fsp3) is 0.364. The molecule has 104 valence electrons. The van der Waals surface area contributed by atoms with E-state index in [1.54, 1.807) is 0 Å². The third kappa shape index (κ3) is 2.74. The summed E-state index contributed by atoms with van der Waals surface area (Å²) >= 11 is 5.75. The molecule has 1 aliphatic rings. The van der Waals surface area contributed by atoms with E-state index in [4.69, 9.17) is 16.7 Å². The third-order valence-electron chi connectivity index (χ3n) is 2.93. The number of carbonyl (C=O) groups is 1. The van der Waals surface area contributed by atoms with E-state index >= 15 is 0 Å². The van der Waals surface area contributed by atoms with Gasteiger partial charge in [-0.2, -0.15) is 4.31 Å². The van der Waals surface area contributed by atoms with Crippen LogP contribution in [0.5, 0.6) is 0 Å². The summed E-state index contributed by atoms with van der Waals surface area (Å²) in [6, 6.07) is 3.48. The summed E-state index contributed by atoms with van der Waals surface area (Å²) in [5.74, 6) is -1.22. The summed E-state index contributed by atoms with van der Waals surface area (Å²) in [4.78, 5) is 10.7. The number of β-amino-alcohol motifs (C(OH)–C–C–N with tert-alkyl or cyclic N) is 1. The zero-order chi connectivity index (χ0) is 14.2. The molecule has 1 aromatic carbocycles. The molecule has 1 saturated heterocycles. The van der Waals surface area contributed by atoms with Gasteiger partial charge in [0.2, 0.25) is 10.0 Å². The van der Waals surface area contributed by atoms with Gasteiger partial charge < -0.3 is 10.2 Å². The van der Waals surface area contributed by atoms with Crippen LogP contribution in [-0.2, 0) is 10.0 Å². The molecule has 0 spiro atoms. The monoisotopic (exact) mass is 305 g/mol. The summed E-state index contributed by atoms with van der Waals surface area (Å²) in [6.07, 6.45) is -0.274. The van der Waals surface area contributed by atoms with E-state index in [1.165, 1.54) is 6.07 Å². The van der Waals surface area contributed by atoms with Gasteiger partial charge in [0, 0.05) is 13.1 Å². The van der Waals surface area contributed by atoms with Crippen LogP contribution < -0.4 is 0 Å². The lowest BCUT2D eigenvalue weighted by Crippen LogP contribution is -2.29. The fourth-order valence-electron chi connectivity index (χ4n) is 1.91. The van der Waals surface area contributed by atoms with Gasteiger partial charge in [0.15, 0.2) is 0 Å². The average Bonchev–Trinajstić information content (AvgIpc) is 2.76. The average molecular weight is 306 g/mol. The molecular formula is C11H12ClNO5S. The lowest BCUT2D eigenvalue weighted by molar-refractivity contribution is 0.0697. The Labute approximate surface area is 115 Å². The number of carboxylic acids is 1. The first kappa shape index (κ1) is 14.3. The van der Waals surface area contributed by atoms with E-state index < -0.39 is 22.1 Å². The zero-order valence-corrected chi connectivity index (χ0v) is 11.4. The van der Waals surface area contributed by atoms with Crippen LogP contribution in [0.15, 0.2) is 23.1 Å². The second-order valence-corrected chi connectivity index (χ2v) is 6.60. The van der Waals surface area contributed by atoms with E-state index in [9.17, 15) is 18.3 Å². The number of benzene rings is 1. The highest BCUT2D eigenvalue weighted by Crippen LogP contribution is 2.25. The van der Waals surface area contributed by atoms with Crippen molar-refractivity contribution in [2.75, 3.05) is 13.1 Å². The molecule has 0 radical (unpaired) electrons. The molecule has 1 aliphatic heterocycles. The summed E-state index contributed by atoms with van der Waals surface area (Å²) in [7, 11) is -3.74. The highest BCUT2D eigenvalue weighted by molar-refractivity contribution is 7.89. The number of aliphatic hydroxyl groups is 1.